The number of hydrogen-bond acceptors (Lipinski definition) is 4. The highest BCUT2D eigenvalue weighted by Crippen LogP contribution is 2.18. The van der Waals surface area contributed by atoms with E-state index in [-0.39, 0.29) is 5.91 Å². The van der Waals surface area contributed by atoms with Crippen molar-refractivity contribution in [3.8, 4) is 0 Å². The fourth-order valence-electron chi connectivity index (χ4n) is 2.81. The molecule has 1 aromatic carbocycles. The Labute approximate surface area is 178 Å². The van der Waals surface area contributed by atoms with Crippen LogP contribution in [0, 0.1) is 0 Å². The van der Waals surface area contributed by atoms with Gasteiger partial charge in [-0.15, -0.1) is 0 Å². The third kappa shape index (κ3) is 7.18. The summed E-state index contributed by atoms with van der Waals surface area (Å²) < 4.78 is 1.66. The lowest BCUT2D eigenvalue weighted by Gasteiger charge is -2.23. The fraction of sp³-hybridized carbons (Fsp3) is 0.500. The van der Waals surface area contributed by atoms with E-state index < -0.39 is 5.60 Å². The lowest BCUT2D eigenvalue weighted by molar-refractivity contribution is 0.0616. The van der Waals surface area contributed by atoms with Gasteiger partial charge in [0.25, 0.3) is 5.91 Å². The Hall–Kier alpha value is -2.87. The first kappa shape index (κ1) is 23.4. The molecule has 4 N–H and O–H groups in total. The first-order chi connectivity index (χ1) is 14.4. The van der Waals surface area contributed by atoms with E-state index in [1.165, 1.54) is 0 Å². The van der Waals surface area contributed by atoms with Crippen LogP contribution in [-0.2, 0) is 19.2 Å². The maximum atomic E-state index is 12.1. The predicted octanol–water partition coefficient (Wildman–Crippen LogP) is 1.91. The zero-order valence-corrected chi connectivity index (χ0v) is 18.4. The Morgan fingerprint density at radius 3 is 2.53 bits per heavy atom. The average Bonchev–Trinajstić information content (AvgIpc) is 3.18. The van der Waals surface area contributed by atoms with Crippen LogP contribution >= 0.6 is 0 Å². The van der Waals surface area contributed by atoms with Crippen LogP contribution in [0.2, 0.25) is 0 Å². The molecule has 1 aromatic heterocycles. The van der Waals surface area contributed by atoms with Crippen LogP contribution in [0.3, 0.4) is 0 Å². The number of benzene rings is 1. The molecule has 0 aliphatic carbocycles. The van der Waals surface area contributed by atoms with Crippen LogP contribution in [0.5, 0.6) is 0 Å². The molecule has 0 spiro atoms. The first-order valence-corrected chi connectivity index (χ1v) is 10.5. The second kappa shape index (κ2) is 11.3. The summed E-state index contributed by atoms with van der Waals surface area (Å²) in [5.74, 6) is 0.564. The van der Waals surface area contributed by atoms with Gasteiger partial charge in [-0.2, -0.15) is 5.10 Å². The van der Waals surface area contributed by atoms with E-state index in [1.807, 2.05) is 38.2 Å². The Kier molecular flexibility index (Phi) is 8.86. The number of nitrogens with one attached hydrogen (secondary N) is 3. The van der Waals surface area contributed by atoms with Gasteiger partial charge in [-0.05, 0) is 38.0 Å². The van der Waals surface area contributed by atoms with Crippen molar-refractivity contribution >= 4 is 11.9 Å². The summed E-state index contributed by atoms with van der Waals surface area (Å²) in [6, 6.07) is 7.46. The van der Waals surface area contributed by atoms with E-state index in [2.05, 4.69) is 33.0 Å². The zero-order valence-electron chi connectivity index (χ0n) is 18.4. The molecule has 8 nitrogen and oxygen atoms in total. The third-order valence-corrected chi connectivity index (χ3v) is 4.72. The number of aliphatic hydroxyl groups is 1. The van der Waals surface area contributed by atoms with Crippen molar-refractivity contribution in [1.29, 1.82) is 0 Å². The molecule has 0 fully saturated rings. The lowest BCUT2D eigenvalue weighted by atomic mass is 10.00. The molecular formula is C22H34N6O2. The van der Waals surface area contributed by atoms with Crippen LogP contribution in [0.1, 0.15) is 55.1 Å². The molecule has 0 aliphatic rings. The van der Waals surface area contributed by atoms with Gasteiger partial charge in [0.05, 0.1) is 19.3 Å². The van der Waals surface area contributed by atoms with E-state index >= 15 is 0 Å². The monoisotopic (exact) mass is 414 g/mol. The number of carbonyl (C=O) groups excluding carboxylic acids is 1. The highest BCUT2D eigenvalue weighted by Gasteiger charge is 2.25. The molecule has 0 saturated heterocycles. The number of amides is 1. The summed E-state index contributed by atoms with van der Waals surface area (Å²) in [6.45, 7) is 7.98. The third-order valence-electron chi connectivity index (χ3n) is 4.72. The Balaban J connectivity index is 1.94. The topological polar surface area (TPSA) is 104 Å². The molecule has 2 aromatic rings. The number of nitrogens with zero attached hydrogens (tertiary/aromatic N) is 3. The maximum absolute atomic E-state index is 12.1. The summed E-state index contributed by atoms with van der Waals surface area (Å²) >= 11 is 0. The second-order valence-electron chi connectivity index (χ2n) is 7.53. The van der Waals surface area contributed by atoms with Crippen molar-refractivity contribution < 1.29 is 9.90 Å². The normalized spacial score (nSPS) is 13.6. The zero-order chi connectivity index (χ0) is 22.0. The molecule has 0 radical (unpaired) electrons. The van der Waals surface area contributed by atoms with Gasteiger partial charge in [0.1, 0.15) is 5.60 Å². The van der Waals surface area contributed by atoms with Crippen molar-refractivity contribution in [2.75, 3.05) is 19.6 Å². The minimum absolute atomic E-state index is 0.0499. The second-order valence-corrected chi connectivity index (χ2v) is 7.53. The summed E-state index contributed by atoms with van der Waals surface area (Å²) in [7, 11) is 1.82. The number of guanidine groups is 1. The highest BCUT2D eigenvalue weighted by atomic mass is 16.3. The van der Waals surface area contributed by atoms with Crippen LogP contribution in [0.25, 0.3) is 0 Å². The molecule has 1 unspecified atom stereocenters. The standard InChI is InChI=1S/C22H34N6O2/c1-5-7-12-24-20(29)18-10-8-17(9-11-18)13-25-21(23-6-2)26-16-22(3,30)19-14-27-28(4)15-19/h8-11,14-15,30H,5-7,12-13,16H2,1-4H3,(H,24,29)(H2,23,25,26). The quantitative estimate of drug-likeness (QED) is 0.270. The van der Waals surface area contributed by atoms with Crippen molar-refractivity contribution in [3.63, 3.8) is 0 Å². The van der Waals surface area contributed by atoms with Crippen molar-refractivity contribution in [2.45, 2.75) is 45.8 Å². The van der Waals surface area contributed by atoms with Gasteiger partial charge >= 0.3 is 0 Å². The SMILES string of the molecule is CCCCNC(=O)c1ccc(CN=C(NCC)NCC(C)(O)c2cnn(C)c2)cc1. The summed E-state index contributed by atoms with van der Waals surface area (Å²) in [5, 5.41) is 24.1. The Morgan fingerprint density at radius 1 is 1.20 bits per heavy atom. The molecule has 30 heavy (non-hydrogen) atoms. The van der Waals surface area contributed by atoms with Gasteiger partial charge < -0.3 is 21.1 Å². The highest BCUT2D eigenvalue weighted by molar-refractivity contribution is 5.94. The van der Waals surface area contributed by atoms with E-state index in [1.54, 1.807) is 24.0 Å². The molecule has 0 saturated carbocycles. The summed E-state index contributed by atoms with van der Waals surface area (Å²) in [4.78, 5) is 16.7. The maximum Gasteiger partial charge on any atom is 0.251 e. The molecule has 164 valence electrons. The number of hydrogen-bond donors (Lipinski definition) is 4. The number of rotatable bonds is 10. The van der Waals surface area contributed by atoms with Crippen molar-refractivity contribution in [1.82, 2.24) is 25.7 Å². The van der Waals surface area contributed by atoms with Gasteiger partial charge in [-0.25, -0.2) is 4.99 Å². The van der Waals surface area contributed by atoms with Crippen LogP contribution in [0.4, 0.5) is 0 Å². The predicted molar refractivity (Wildman–Crippen MR) is 119 cm³/mol. The number of unbranched alkanes of at least 4 members (excludes halogenated alkanes) is 1. The van der Waals surface area contributed by atoms with Crippen molar-refractivity contribution in [3.05, 3.63) is 53.3 Å². The Morgan fingerprint density at radius 2 is 1.93 bits per heavy atom. The molecule has 1 atom stereocenters. The van der Waals surface area contributed by atoms with E-state index in [9.17, 15) is 9.90 Å². The number of aromatic nitrogens is 2. The van der Waals surface area contributed by atoms with E-state index in [0.29, 0.717) is 37.7 Å². The molecule has 0 bridgehead atoms. The van der Waals surface area contributed by atoms with Crippen LogP contribution in [-0.4, -0.2) is 46.4 Å². The van der Waals surface area contributed by atoms with Gasteiger partial charge in [-0.3, -0.25) is 9.48 Å². The molecule has 8 heteroatoms. The van der Waals surface area contributed by atoms with Crippen LogP contribution in [0.15, 0.2) is 41.7 Å². The van der Waals surface area contributed by atoms with Gasteiger partial charge in [0.2, 0.25) is 0 Å². The molecular weight excluding hydrogens is 380 g/mol. The summed E-state index contributed by atoms with van der Waals surface area (Å²) in [5.41, 5.74) is 1.31. The fourth-order valence-corrected chi connectivity index (χ4v) is 2.81. The van der Waals surface area contributed by atoms with E-state index in [0.717, 1.165) is 24.0 Å². The minimum atomic E-state index is -1.07. The number of aliphatic imine (C=N–C) groups is 1. The largest absolute Gasteiger partial charge is 0.383 e. The smallest absolute Gasteiger partial charge is 0.251 e. The number of carbonyl (C=O) groups is 1. The summed E-state index contributed by atoms with van der Waals surface area (Å²) in [6.07, 6.45) is 5.49. The molecule has 1 heterocycles. The average molecular weight is 415 g/mol. The Bertz CT molecular complexity index is 826. The molecule has 0 aliphatic heterocycles. The molecule has 1 amide bonds. The lowest BCUT2D eigenvalue weighted by Crippen LogP contribution is -2.44. The molecule has 2 rings (SSSR count). The van der Waals surface area contributed by atoms with Gasteiger partial charge in [-0.1, -0.05) is 25.5 Å². The van der Waals surface area contributed by atoms with E-state index in [4.69, 9.17) is 0 Å². The van der Waals surface area contributed by atoms with Crippen molar-refractivity contribution in [2.24, 2.45) is 12.0 Å². The first-order valence-electron chi connectivity index (χ1n) is 10.5. The van der Waals surface area contributed by atoms with Crippen LogP contribution < -0.4 is 16.0 Å². The minimum Gasteiger partial charge on any atom is -0.383 e. The van der Waals surface area contributed by atoms with Gasteiger partial charge in [0.15, 0.2) is 5.96 Å². The number of aryl methyl sites for hydroxylation is 1. The van der Waals surface area contributed by atoms with Gasteiger partial charge in [0, 0.05) is 37.5 Å².